The number of rotatable bonds is 3. The van der Waals surface area contributed by atoms with Crippen molar-refractivity contribution in [3.63, 3.8) is 0 Å². The molecule has 2 aromatic carbocycles. The van der Waals surface area contributed by atoms with Gasteiger partial charge in [-0.25, -0.2) is 0 Å². The average Bonchev–Trinajstić information content (AvgIpc) is 3.50. The van der Waals surface area contributed by atoms with Crippen LogP contribution in [0.25, 0.3) is 21.8 Å². The van der Waals surface area contributed by atoms with E-state index in [1.807, 2.05) is 48.8 Å². The van der Waals surface area contributed by atoms with Crippen molar-refractivity contribution < 1.29 is 14.4 Å². The second kappa shape index (κ2) is 8.12. The maximum Gasteiger partial charge on any atom is 0.254 e. The van der Waals surface area contributed by atoms with Crippen molar-refractivity contribution in [3.05, 3.63) is 72.1 Å². The first kappa shape index (κ1) is 20.8. The minimum Gasteiger partial charge on any atom is -0.361 e. The van der Waals surface area contributed by atoms with Gasteiger partial charge in [-0.05, 0) is 48.5 Å². The molecule has 0 saturated carbocycles. The summed E-state index contributed by atoms with van der Waals surface area (Å²) < 4.78 is 0. The number of aromatic amines is 2. The highest BCUT2D eigenvalue weighted by Crippen LogP contribution is 2.22. The van der Waals surface area contributed by atoms with Crippen molar-refractivity contribution in [2.45, 2.75) is 6.04 Å². The van der Waals surface area contributed by atoms with Crippen molar-refractivity contribution >= 4 is 39.5 Å². The van der Waals surface area contributed by atoms with Gasteiger partial charge in [0.25, 0.3) is 11.8 Å². The zero-order chi connectivity index (χ0) is 23.1. The van der Waals surface area contributed by atoms with Gasteiger partial charge in [0.2, 0.25) is 5.91 Å². The molecule has 3 amide bonds. The normalized spacial score (nSPS) is 16.4. The fourth-order valence-corrected chi connectivity index (χ4v) is 4.44. The van der Waals surface area contributed by atoms with Gasteiger partial charge in [0, 0.05) is 72.5 Å². The molecule has 3 heterocycles. The SMILES string of the molecule is CN(C)C(=O)C1CN(C(=O)c2ccc3[nH]ccc3c2)CCN1C(=O)c1ccc2[nH]ccc2c1. The number of amides is 3. The molecule has 1 saturated heterocycles. The molecule has 0 aliphatic carbocycles. The number of carbonyl (C=O) groups is 3. The van der Waals surface area contributed by atoms with Gasteiger partial charge in [-0.2, -0.15) is 0 Å². The molecule has 33 heavy (non-hydrogen) atoms. The molecule has 0 radical (unpaired) electrons. The quantitative estimate of drug-likeness (QED) is 0.510. The van der Waals surface area contributed by atoms with E-state index in [0.29, 0.717) is 17.7 Å². The highest BCUT2D eigenvalue weighted by atomic mass is 16.2. The number of nitrogens with one attached hydrogen (secondary N) is 2. The zero-order valence-corrected chi connectivity index (χ0v) is 18.5. The van der Waals surface area contributed by atoms with E-state index < -0.39 is 6.04 Å². The minimum absolute atomic E-state index is 0.143. The van der Waals surface area contributed by atoms with Gasteiger partial charge in [-0.3, -0.25) is 14.4 Å². The maximum absolute atomic E-state index is 13.4. The van der Waals surface area contributed by atoms with Gasteiger partial charge >= 0.3 is 0 Å². The van der Waals surface area contributed by atoms with Crippen molar-refractivity contribution in [1.29, 1.82) is 0 Å². The van der Waals surface area contributed by atoms with Gasteiger partial charge in [0.15, 0.2) is 0 Å². The van der Waals surface area contributed by atoms with Gasteiger partial charge in [0.05, 0.1) is 6.54 Å². The second-order valence-electron chi connectivity index (χ2n) is 8.56. The van der Waals surface area contributed by atoms with Crippen LogP contribution in [0.4, 0.5) is 0 Å². The van der Waals surface area contributed by atoms with Crippen LogP contribution in [0.15, 0.2) is 60.9 Å². The molecule has 1 aliphatic rings. The molecule has 1 fully saturated rings. The van der Waals surface area contributed by atoms with E-state index in [9.17, 15) is 14.4 Å². The Balaban J connectivity index is 1.41. The number of hydrogen-bond donors (Lipinski definition) is 2. The second-order valence-corrected chi connectivity index (χ2v) is 8.56. The van der Waals surface area contributed by atoms with Gasteiger partial charge in [0.1, 0.15) is 6.04 Å². The number of likely N-dealkylation sites (N-methyl/N-ethyl adjacent to an activating group) is 1. The van der Waals surface area contributed by atoms with Crippen LogP contribution in [0.1, 0.15) is 20.7 Å². The Morgan fingerprint density at radius 1 is 0.818 bits per heavy atom. The van der Waals surface area contributed by atoms with E-state index in [0.717, 1.165) is 21.8 Å². The summed E-state index contributed by atoms with van der Waals surface area (Å²) in [6.45, 7) is 0.797. The number of piperazine rings is 1. The van der Waals surface area contributed by atoms with Crippen molar-refractivity contribution in [2.75, 3.05) is 33.7 Å². The Labute approximate surface area is 190 Å². The predicted octanol–water partition coefficient (Wildman–Crippen LogP) is 2.70. The molecular weight excluding hydrogens is 418 g/mol. The molecule has 0 spiro atoms. The lowest BCUT2D eigenvalue weighted by atomic mass is 10.0. The molecule has 2 aromatic heterocycles. The van der Waals surface area contributed by atoms with Gasteiger partial charge in [-0.15, -0.1) is 0 Å². The fraction of sp³-hybridized carbons (Fsp3) is 0.240. The van der Waals surface area contributed by atoms with Gasteiger partial charge < -0.3 is 24.7 Å². The number of benzene rings is 2. The largest absolute Gasteiger partial charge is 0.361 e. The number of H-pyrrole nitrogens is 2. The van der Waals surface area contributed by atoms with Crippen molar-refractivity contribution in [3.8, 4) is 0 Å². The fourth-order valence-electron chi connectivity index (χ4n) is 4.44. The number of carbonyl (C=O) groups excluding carboxylic acids is 3. The molecule has 8 nitrogen and oxygen atoms in total. The van der Waals surface area contributed by atoms with Crippen LogP contribution in [0, 0.1) is 0 Å². The van der Waals surface area contributed by atoms with Crippen LogP contribution in [0.3, 0.4) is 0 Å². The molecule has 8 heteroatoms. The Morgan fingerprint density at radius 3 is 1.97 bits per heavy atom. The lowest BCUT2D eigenvalue weighted by Gasteiger charge is -2.41. The highest BCUT2D eigenvalue weighted by Gasteiger charge is 2.38. The van der Waals surface area contributed by atoms with Crippen LogP contribution in [0.5, 0.6) is 0 Å². The summed E-state index contributed by atoms with van der Waals surface area (Å²) in [5.41, 5.74) is 3.00. The number of aromatic nitrogens is 2. The molecule has 1 aliphatic heterocycles. The summed E-state index contributed by atoms with van der Waals surface area (Å²) in [5, 5.41) is 1.89. The Kier molecular flexibility index (Phi) is 5.12. The summed E-state index contributed by atoms with van der Waals surface area (Å²) in [7, 11) is 3.33. The van der Waals surface area contributed by atoms with Crippen molar-refractivity contribution in [1.82, 2.24) is 24.7 Å². The van der Waals surface area contributed by atoms with Crippen LogP contribution < -0.4 is 0 Å². The number of nitrogens with zero attached hydrogens (tertiary/aromatic N) is 3. The summed E-state index contributed by atoms with van der Waals surface area (Å²) in [6.07, 6.45) is 3.66. The number of fused-ring (bicyclic) bond motifs is 2. The number of hydrogen-bond acceptors (Lipinski definition) is 3. The third kappa shape index (κ3) is 3.73. The summed E-state index contributed by atoms with van der Waals surface area (Å²) in [6, 6.07) is 14.0. The Morgan fingerprint density at radius 2 is 1.39 bits per heavy atom. The Hall–Kier alpha value is -4.07. The van der Waals surface area contributed by atoms with Crippen LogP contribution in [-0.4, -0.2) is 82.2 Å². The summed E-state index contributed by atoms with van der Waals surface area (Å²) in [4.78, 5) is 50.7. The standard InChI is InChI=1S/C25H25N5O3/c1-28(2)25(33)22-15-29(23(31)18-3-5-20-16(13-18)7-9-26-20)11-12-30(22)24(32)19-4-6-21-17(14-19)8-10-27-21/h3-10,13-14,22,26-27H,11-12,15H2,1-2H3. The molecule has 5 rings (SSSR count). The van der Waals surface area contributed by atoms with Crippen LogP contribution in [0.2, 0.25) is 0 Å². The molecule has 0 bridgehead atoms. The molecule has 2 N–H and O–H groups in total. The zero-order valence-electron chi connectivity index (χ0n) is 18.5. The predicted molar refractivity (Wildman–Crippen MR) is 126 cm³/mol. The van der Waals surface area contributed by atoms with Crippen LogP contribution in [-0.2, 0) is 4.79 Å². The van der Waals surface area contributed by atoms with Gasteiger partial charge in [-0.1, -0.05) is 0 Å². The van der Waals surface area contributed by atoms with E-state index in [4.69, 9.17) is 0 Å². The molecular formula is C25H25N5O3. The molecule has 1 atom stereocenters. The van der Waals surface area contributed by atoms with E-state index in [1.165, 1.54) is 4.90 Å². The van der Waals surface area contributed by atoms with Crippen molar-refractivity contribution in [2.24, 2.45) is 0 Å². The minimum atomic E-state index is -0.747. The first-order valence-corrected chi connectivity index (χ1v) is 10.9. The third-order valence-corrected chi connectivity index (χ3v) is 6.25. The molecule has 168 valence electrons. The Bertz CT molecular complexity index is 1370. The average molecular weight is 444 g/mol. The smallest absolute Gasteiger partial charge is 0.254 e. The lowest BCUT2D eigenvalue weighted by Crippen LogP contribution is -2.61. The molecule has 1 unspecified atom stereocenters. The van der Waals surface area contributed by atoms with E-state index in [2.05, 4.69) is 9.97 Å². The monoisotopic (exact) mass is 443 g/mol. The first-order valence-electron chi connectivity index (χ1n) is 10.9. The summed E-state index contributed by atoms with van der Waals surface area (Å²) >= 11 is 0. The summed E-state index contributed by atoms with van der Waals surface area (Å²) in [5.74, 6) is -0.556. The van der Waals surface area contributed by atoms with Crippen LogP contribution >= 0.6 is 0 Å². The first-order chi connectivity index (χ1) is 15.9. The topological polar surface area (TPSA) is 92.5 Å². The van der Waals surface area contributed by atoms with E-state index in [-0.39, 0.29) is 30.8 Å². The maximum atomic E-state index is 13.4. The third-order valence-electron chi connectivity index (χ3n) is 6.25. The van der Waals surface area contributed by atoms with E-state index >= 15 is 0 Å². The lowest BCUT2D eigenvalue weighted by molar-refractivity contribution is -0.135. The molecule has 4 aromatic rings. The van der Waals surface area contributed by atoms with E-state index in [1.54, 1.807) is 36.0 Å². The highest BCUT2D eigenvalue weighted by molar-refractivity contribution is 6.02.